The zero-order valence-electron chi connectivity index (χ0n) is 12.4. The Morgan fingerprint density at radius 1 is 1.22 bits per heavy atom. The third-order valence-corrected chi connectivity index (χ3v) is 4.74. The first-order valence-electron chi connectivity index (χ1n) is 6.84. The van der Waals surface area contributed by atoms with E-state index in [0.29, 0.717) is 5.56 Å². The molecule has 7 heteroatoms. The maximum Gasteiger partial charge on any atom is 0.322 e. The summed E-state index contributed by atoms with van der Waals surface area (Å²) in [5, 5.41) is 9.24. The third kappa shape index (κ3) is 4.61. The molecule has 0 aromatic heterocycles. The molecule has 0 fully saturated rings. The van der Waals surface area contributed by atoms with Crippen LogP contribution >= 0.6 is 0 Å². The molecule has 2 aromatic rings. The fourth-order valence-corrected chi connectivity index (χ4v) is 3.24. The molecule has 0 unspecified atom stereocenters. The lowest BCUT2D eigenvalue weighted by Gasteiger charge is -2.15. The molecule has 0 radical (unpaired) electrons. The van der Waals surface area contributed by atoms with E-state index in [2.05, 4.69) is 4.72 Å². The van der Waals surface area contributed by atoms with Crippen molar-refractivity contribution >= 4 is 16.0 Å². The predicted molar refractivity (Wildman–Crippen MR) is 83.0 cm³/mol. The Labute approximate surface area is 133 Å². The molecule has 2 N–H and O–H groups in total. The number of halogens is 1. The molecule has 2 rings (SSSR count). The van der Waals surface area contributed by atoms with Crippen molar-refractivity contribution in [3.8, 4) is 0 Å². The molecule has 0 spiro atoms. The molecule has 0 bridgehead atoms. The van der Waals surface area contributed by atoms with E-state index in [9.17, 15) is 22.7 Å². The second kappa shape index (κ2) is 6.89. The maximum atomic E-state index is 13.2. The number of aliphatic carboxylic acids is 1. The minimum Gasteiger partial charge on any atom is -0.480 e. The van der Waals surface area contributed by atoms with Crippen LogP contribution in [0.2, 0.25) is 0 Å². The van der Waals surface area contributed by atoms with Gasteiger partial charge in [-0.05, 0) is 43.2 Å². The topological polar surface area (TPSA) is 83.5 Å². The van der Waals surface area contributed by atoms with E-state index in [-0.39, 0.29) is 11.3 Å². The summed E-state index contributed by atoms with van der Waals surface area (Å²) in [4.78, 5) is 11.3. The molecule has 0 aliphatic heterocycles. The highest BCUT2D eigenvalue weighted by Gasteiger charge is 2.25. The Kier molecular flexibility index (Phi) is 5.12. The van der Waals surface area contributed by atoms with Gasteiger partial charge in [0.2, 0.25) is 10.0 Å². The zero-order chi connectivity index (χ0) is 17.0. The Balaban J connectivity index is 2.22. The molecule has 0 heterocycles. The molecular formula is C16H16FNO4S. The summed E-state index contributed by atoms with van der Waals surface area (Å²) in [6.45, 7) is 1.81. The smallest absolute Gasteiger partial charge is 0.322 e. The van der Waals surface area contributed by atoms with Gasteiger partial charge in [0.05, 0.1) is 4.90 Å². The van der Waals surface area contributed by atoms with Crippen molar-refractivity contribution < 1.29 is 22.7 Å². The van der Waals surface area contributed by atoms with Gasteiger partial charge in [-0.2, -0.15) is 4.72 Å². The molecule has 1 atom stereocenters. The van der Waals surface area contributed by atoms with Crippen LogP contribution in [0, 0.1) is 12.7 Å². The van der Waals surface area contributed by atoms with E-state index >= 15 is 0 Å². The van der Waals surface area contributed by atoms with Crippen molar-refractivity contribution in [2.24, 2.45) is 0 Å². The normalized spacial score (nSPS) is 12.8. The number of carboxylic acids is 1. The van der Waals surface area contributed by atoms with E-state index in [4.69, 9.17) is 0 Å². The van der Waals surface area contributed by atoms with Crippen molar-refractivity contribution in [2.45, 2.75) is 24.3 Å². The Morgan fingerprint density at radius 2 is 1.87 bits per heavy atom. The lowest BCUT2D eigenvalue weighted by molar-refractivity contribution is -0.138. The van der Waals surface area contributed by atoms with Crippen LogP contribution in [-0.2, 0) is 21.2 Å². The highest BCUT2D eigenvalue weighted by atomic mass is 32.2. The molecule has 0 aliphatic carbocycles. The summed E-state index contributed by atoms with van der Waals surface area (Å²) in [6, 6.07) is 10.1. The third-order valence-electron chi connectivity index (χ3n) is 3.26. The molecule has 2 aromatic carbocycles. The number of rotatable bonds is 6. The summed E-state index contributed by atoms with van der Waals surface area (Å²) in [6.07, 6.45) is -0.155. The van der Waals surface area contributed by atoms with Crippen LogP contribution in [0.25, 0.3) is 0 Å². The number of carbonyl (C=O) groups is 1. The average Bonchev–Trinajstić information content (AvgIpc) is 2.46. The Bertz CT molecular complexity index is 803. The van der Waals surface area contributed by atoms with E-state index in [1.165, 1.54) is 30.3 Å². The van der Waals surface area contributed by atoms with E-state index in [0.717, 1.165) is 5.56 Å². The standard InChI is InChI=1S/C16H16FNO4S/c1-11-5-7-14(8-6-11)23(21,22)18-15(16(19)20)10-12-3-2-4-13(17)9-12/h2-9,15,18H,10H2,1H3,(H,19,20)/t15-/m0/s1. The number of benzene rings is 2. The van der Waals surface area contributed by atoms with Gasteiger partial charge in [-0.1, -0.05) is 29.8 Å². The van der Waals surface area contributed by atoms with Crippen LogP contribution in [0.1, 0.15) is 11.1 Å². The van der Waals surface area contributed by atoms with Crippen LogP contribution in [0.3, 0.4) is 0 Å². The molecule has 23 heavy (non-hydrogen) atoms. The molecule has 0 aliphatic rings. The Hall–Kier alpha value is -2.25. The molecule has 0 saturated heterocycles. The van der Waals surface area contributed by atoms with Crippen LogP contribution in [0.4, 0.5) is 4.39 Å². The highest BCUT2D eigenvalue weighted by Crippen LogP contribution is 2.13. The van der Waals surface area contributed by atoms with Crippen molar-refractivity contribution in [2.75, 3.05) is 0 Å². The maximum absolute atomic E-state index is 13.2. The van der Waals surface area contributed by atoms with Gasteiger partial charge in [-0.25, -0.2) is 12.8 Å². The predicted octanol–water partition coefficient (Wildman–Crippen LogP) is 2.11. The molecular weight excluding hydrogens is 321 g/mol. The summed E-state index contributed by atoms with van der Waals surface area (Å²) in [5.41, 5.74) is 1.28. The average molecular weight is 337 g/mol. The Morgan fingerprint density at radius 3 is 2.43 bits per heavy atom. The summed E-state index contributed by atoms with van der Waals surface area (Å²) < 4.78 is 39.9. The lowest BCUT2D eigenvalue weighted by atomic mass is 10.1. The molecule has 122 valence electrons. The quantitative estimate of drug-likeness (QED) is 0.846. The first-order valence-corrected chi connectivity index (χ1v) is 8.32. The van der Waals surface area contributed by atoms with E-state index in [1.54, 1.807) is 18.2 Å². The molecule has 0 saturated carbocycles. The van der Waals surface area contributed by atoms with Gasteiger partial charge >= 0.3 is 5.97 Å². The monoisotopic (exact) mass is 337 g/mol. The van der Waals surface area contributed by atoms with Gasteiger partial charge in [0.1, 0.15) is 11.9 Å². The number of nitrogens with one attached hydrogen (secondary N) is 1. The van der Waals surface area contributed by atoms with Gasteiger partial charge in [0, 0.05) is 0 Å². The summed E-state index contributed by atoms with van der Waals surface area (Å²) in [7, 11) is -3.98. The van der Waals surface area contributed by atoms with E-state index < -0.39 is 27.9 Å². The first-order chi connectivity index (χ1) is 10.8. The first kappa shape index (κ1) is 17.1. The SMILES string of the molecule is Cc1ccc(S(=O)(=O)N[C@@H](Cc2cccc(F)c2)C(=O)O)cc1. The van der Waals surface area contributed by atoms with Crippen LogP contribution in [-0.4, -0.2) is 25.5 Å². The van der Waals surface area contributed by atoms with Gasteiger partial charge in [-0.15, -0.1) is 0 Å². The molecule has 0 amide bonds. The van der Waals surface area contributed by atoms with Crippen molar-refractivity contribution in [3.63, 3.8) is 0 Å². The molecule has 5 nitrogen and oxygen atoms in total. The second-order valence-electron chi connectivity index (χ2n) is 5.16. The van der Waals surface area contributed by atoms with Gasteiger partial charge in [0.15, 0.2) is 0 Å². The van der Waals surface area contributed by atoms with Crippen molar-refractivity contribution in [1.82, 2.24) is 4.72 Å². The number of hydrogen-bond acceptors (Lipinski definition) is 3. The minimum atomic E-state index is -3.98. The number of carboxylic acid groups (broad SMARTS) is 1. The number of aryl methyl sites for hydroxylation is 1. The van der Waals surface area contributed by atoms with Crippen LogP contribution in [0.5, 0.6) is 0 Å². The van der Waals surface area contributed by atoms with E-state index in [1.807, 2.05) is 6.92 Å². The van der Waals surface area contributed by atoms with Gasteiger partial charge < -0.3 is 5.11 Å². The summed E-state index contributed by atoms with van der Waals surface area (Å²) >= 11 is 0. The van der Waals surface area contributed by atoms with Gasteiger partial charge in [0.25, 0.3) is 0 Å². The lowest BCUT2D eigenvalue weighted by Crippen LogP contribution is -2.42. The largest absolute Gasteiger partial charge is 0.480 e. The van der Waals surface area contributed by atoms with Crippen molar-refractivity contribution in [3.05, 3.63) is 65.5 Å². The van der Waals surface area contributed by atoms with Crippen LogP contribution < -0.4 is 4.72 Å². The zero-order valence-corrected chi connectivity index (χ0v) is 13.2. The second-order valence-corrected chi connectivity index (χ2v) is 6.87. The fraction of sp³-hybridized carbons (Fsp3) is 0.188. The summed E-state index contributed by atoms with van der Waals surface area (Å²) in [5.74, 6) is -1.84. The van der Waals surface area contributed by atoms with Gasteiger partial charge in [-0.3, -0.25) is 4.79 Å². The minimum absolute atomic E-state index is 0.0198. The van der Waals surface area contributed by atoms with Crippen LogP contribution in [0.15, 0.2) is 53.4 Å². The highest BCUT2D eigenvalue weighted by molar-refractivity contribution is 7.89. The fourth-order valence-electron chi connectivity index (χ4n) is 2.05. The number of hydrogen-bond donors (Lipinski definition) is 2. The number of sulfonamides is 1. The van der Waals surface area contributed by atoms with Crippen molar-refractivity contribution in [1.29, 1.82) is 0 Å².